The van der Waals surface area contributed by atoms with Crippen molar-refractivity contribution < 1.29 is 29.0 Å². The van der Waals surface area contributed by atoms with Gasteiger partial charge in [-0.1, -0.05) is 18.2 Å². The first-order valence-electron chi connectivity index (χ1n) is 7.07. The molecule has 2 aliphatic heterocycles. The highest BCUT2D eigenvalue weighted by Gasteiger charge is 2.53. The van der Waals surface area contributed by atoms with E-state index in [2.05, 4.69) is 10.1 Å². The summed E-state index contributed by atoms with van der Waals surface area (Å²) in [4.78, 5) is 35.4. The van der Waals surface area contributed by atoms with E-state index in [1.807, 2.05) is 0 Å². The standard InChI is InChI=1S/C16H15NO6/c1-22-16(21)8-3-2-4-9(7-8)17-14(18)12-10-5-6-11(23-10)13(12)15(19)20/h2-7,10-13H,1H3,(H,17,18)(H,19,20)/t10-,11-,12+,13+/m1/s1. The van der Waals surface area contributed by atoms with Gasteiger partial charge in [0, 0.05) is 5.69 Å². The average Bonchev–Trinajstić information content (AvgIpc) is 3.15. The van der Waals surface area contributed by atoms with Gasteiger partial charge in [-0.15, -0.1) is 0 Å². The quantitative estimate of drug-likeness (QED) is 0.636. The largest absolute Gasteiger partial charge is 0.481 e. The lowest BCUT2D eigenvalue weighted by molar-refractivity contribution is -0.145. The minimum atomic E-state index is -1.06. The Balaban J connectivity index is 1.78. The normalized spacial score (nSPS) is 27.7. The molecule has 7 nitrogen and oxygen atoms in total. The Morgan fingerprint density at radius 2 is 1.87 bits per heavy atom. The number of anilines is 1. The number of aliphatic carboxylic acids is 1. The number of amides is 1. The van der Waals surface area contributed by atoms with Crippen molar-refractivity contribution in [3.63, 3.8) is 0 Å². The number of methoxy groups -OCH3 is 1. The number of hydrogen-bond acceptors (Lipinski definition) is 5. The number of fused-ring (bicyclic) bond motifs is 2. The number of benzene rings is 1. The summed E-state index contributed by atoms with van der Waals surface area (Å²) in [5, 5.41) is 12.0. The molecule has 2 N–H and O–H groups in total. The fraction of sp³-hybridized carbons (Fsp3) is 0.312. The monoisotopic (exact) mass is 317 g/mol. The molecule has 3 rings (SSSR count). The number of carboxylic acids is 1. The van der Waals surface area contributed by atoms with E-state index >= 15 is 0 Å². The number of rotatable bonds is 4. The Bertz CT molecular complexity index is 698. The first kappa shape index (κ1) is 15.2. The van der Waals surface area contributed by atoms with Crippen LogP contribution in [0.15, 0.2) is 36.4 Å². The summed E-state index contributed by atoms with van der Waals surface area (Å²) in [6.07, 6.45) is 2.27. The van der Waals surface area contributed by atoms with Crippen molar-refractivity contribution in [2.24, 2.45) is 11.8 Å². The van der Waals surface area contributed by atoms with E-state index in [-0.39, 0.29) is 0 Å². The Morgan fingerprint density at radius 3 is 2.52 bits per heavy atom. The SMILES string of the molecule is COC(=O)c1cccc(NC(=O)[C@@H]2[C@@H](C(=O)O)[C@H]3C=C[C@H]2O3)c1. The second-order valence-electron chi connectivity index (χ2n) is 5.40. The lowest BCUT2D eigenvalue weighted by Crippen LogP contribution is -2.39. The van der Waals surface area contributed by atoms with Crippen LogP contribution in [0.25, 0.3) is 0 Å². The lowest BCUT2D eigenvalue weighted by atomic mass is 9.82. The summed E-state index contributed by atoms with van der Waals surface area (Å²) in [7, 11) is 1.27. The Morgan fingerprint density at radius 1 is 1.17 bits per heavy atom. The molecule has 0 spiro atoms. The Kier molecular flexibility index (Phi) is 3.87. The molecule has 120 valence electrons. The topological polar surface area (TPSA) is 102 Å². The summed E-state index contributed by atoms with van der Waals surface area (Å²) in [6.45, 7) is 0. The molecular formula is C16H15NO6. The van der Waals surface area contributed by atoms with E-state index < -0.39 is 41.9 Å². The van der Waals surface area contributed by atoms with Gasteiger partial charge in [0.2, 0.25) is 5.91 Å². The van der Waals surface area contributed by atoms with Crippen LogP contribution in [0.5, 0.6) is 0 Å². The van der Waals surface area contributed by atoms with Crippen molar-refractivity contribution in [2.45, 2.75) is 12.2 Å². The van der Waals surface area contributed by atoms with Gasteiger partial charge in [-0.2, -0.15) is 0 Å². The van der Waals surface area contributed by atoms with Crippen molar-refractivity contribution in [1.82, 2.24) is 0 Å². The van der Waals surface area contributed by atoms with Crippen LogP contribution in [0, 0.1) is 11.8 Å². The highest BCUT2D eigenvalue weighted by atomic mass is 16.5. The molecule has 1 saturated heterocycles. The van der Waals surface area contributed by atoms with E-state index in [0.29, 0.717) is 11.3 Å². The smallest absolute Gasteiger partial charge is 0.337 e. The average molecular weight is 317 g/mol. The summed E-state index contributed by atoms with van der Waals surface area (Å²) in [5.41, 5.74) is 0.693. The van der Waals surface area contributed by atoms with Gasteiger partial charge >= 0.3 is 11.9 Å². The minimum Gasteiger partial charge on any atom is -0.481 e. The maximum absolute atomic E-state index is 12.5. The molecule has 2 bridgehead atoms. The van der Waals surface area contributed by atoms with Gasteiger partial charge in [-0.3, -0.25) is 9.59 Å². The van der Waals surface area contributed by atoms with Crippen LogP contribution in [0.3, 0.4) is 0 Å². The zero-order valence-corrected chi connectivity index (χ0v) is 12.3. The van der Waals surface area contributed by atoms with Crippen LogP contribution in [0.1, 0.15) is 10.4 Å². The number of carbonyl (C=O) groups is 3. The van der Waals surface area contributed by atoms with E-state index in [1.165, 1.54) is 13.2 Å². The van der Waals surface area contributed by atoms with Crippen molar-refractivity contribution in [3.8, 4) is 0 Å². The van der Waals surface area contributed by atoms with Crippen LogP contribution in [0.2, 0.25) is 0 Å². The van der Waals surface area contributed by atoms with Crippen LogP contribution in [-0.4, -0.2) is 42.3 Å². The van der Waals surface area contributed by atoms with E-state index in [1.54, 1.807) is 30.4 Å². The van der Waals surface area contributed by atoms with Crippen molar-refractivity contribution in [3.05, 3.63) is 42.0 Å². The van der Waals surface area contributed by atoms with Gasteiger partial charge in [0.05, 0.1) is 30.8 Å². The number of esters is 1. The molecule has 2 aliphatic rings. The van der Waals surface area contributed by atoms with Gasteiger partial charge in [0.1, 0.15) is 5.92 Å². The highest BCUT2D eigenvalue weighted by molar-refractivity contribution is 5.98. The van der Waals surface area contributed by atoms with Crippen molar-refractivity contribution in [2.75, 3.05) is 12.4 Å². The summed E-state index contributed by atoms with van der Waals surface area (Å²) in [5.74, 6) is -3.74. The van der Waals surface area contributed by atoms with Gasteiger partial charge in [0.25, 0.3) is 0 Å². The van der Waals surface area contributed by atoms with E-state index in [9.17, 15) is 19.5 Å². The molecule has 1 fully saturated rings. The number of hydrogen-bond donors (Lipinski definition) is 2. The first-order valence-corrected chi connectivity index (χ1v) is 7.07. The number of ether oxygens (including phenoxy) is 2. The zero-order valence-electron chi connectivity index (χ0n) is 12.3. The molecule has 23 heavy (non-hydrogen) atoms. The molecule has 4 atom stereocenters. The van der Waals surface area contributed by atoms with Gasteiger partial charge in [-0.05, 0) is 18.2 Å². The lowest BCUT2D eigenvalue weighted by Gasteiger charge is -2.21. The van der Waals surface area contributed by atoms with Gasteiger partial charge < -0.3 is 19.9 Å². The second kappa shape index (κ2) is 5.85. The molecule has 1 amide bonds. The first-order chi connectivity index (χ1) is 11.0. The predicted octanol–water partition coefficient (Wildman–Crippen LogP) is 1.07. The summed E-state index contributed by atoms with van der Waals surface area (Å²) >= 11 is 0. The van der Waals surface area contributed by atoms with Crippen LogP contribution in [-0.2, 0) is 19.1 Å². The molecule has 0 radical (unpaired) electrons. The number of nitrogens with one attached hydrogen (secondary N) is 1. The van der Waals surface area contributed by atoms with Crippen LogP contribution < -0.4 is 5.32 Å². The van der Waals surface area contributed by atoms with E-state index in [0.717, 1.165) is 0 Å². The molecule has 1 aromatic rings. The fourth-order valence-corrected chi connectivity index (χ4v) is 2.98. The maximum Gasteiger partial charge on any atom is 0.337 e. The number of carbonyl (C=O) groups excluding carboxylic acids is 2. The Labute approximate surface area is 131 Å². The molecule has 0 saturated carbocycles. The van der Waals surface area contributed by atoms with Crippen LogP contribution >= 0.6 is 0 Å². The second-order valence-corrected chi connectivity index (χ2v) is 5.40. The summed E-state index contributed by atoms with van der Waals surface area (Å²) in [6, 6.07) is 6.26. The molecule has 0 aromatic heterocycles. The predicted molar refractivity (Wildman–Crippen MR) is 78.8 cm³/mol. The third-order valence-electron chi connectivity index (χ3n) is 4.04. The van der Waals surface area contributed by atoms with E-state index in [4.69, 9.17) is 4.74 Å². The Hall–Kier alpha value is -2.67. The molecule has 7 heteroatoms. The number of carboxylic acid groups (broad SMARTS) is 1. The summed E-state index contributed by atoms with van der Waals surface area (Å²) < 4.78 is 10.1. The third-order valence-corrected chi connectivity index (χ3v) is 4.04. The zero-order chi connectivity index (χ0) is 16.6. The highest BCUT2D eigenvalue weighted by Crippen LogP contribution is 2.39. The molecule has 2 heterocycles. The molecule has 0 unspecified atom stereocenters. The fourth-order valence-electron chi connectivity index (χ4n) is 2.98. The van der Waals surface area contributed by atoms with Gasteiger partial charge in [0.15, 0.2) is 0 Å². The molecule has 1 aromatic carbocycles. The minimum absolute atomic E-state index is 0.296. The van der Waals surface area contributed by atoms with Crippen molar-refractivity contribution >= 4 is 23.5 Å². The van der Waals surface area contributed by atoms with Crippen LogP contribution in [0.4, 0.5) is 5.69 Å². The molecular weight excluding hydrogens is 302 g/mol. The van der Waals surface area contributed by atoms with Crippen molar-refractivity contribution in [1.29, 1.82) is 0 Å². The molecule has 0 aliphatic carbocycles. The maximum atomic E-state index is 12.5. The van der Waals surface area contributed by atoms with Gasteiger partial charge in [-0.25, -0.2) is 4.79 Å². The third kappa shape index (κ3) is 2.70.